The minimum Gasteiger partial charge on any atom is -0.487 e. The molecule has 1 unspecified atom stereocenters. The number of nitrogens with two attached hydrogens (primary N) is 1. The summed E-state index contributed by atoms with van der Waals surface area (Å²) in [7, 11) is 0. The maximum atomic E-state index is 13.1. The molecule has 1 aromatic rings. The molecule has 20 heavy (non-hydrogen) atoms. The highest BCUT2D eigenvalue weighted by atomic mass is 19.4. The Balaban J connectivity index is 3.05. The fourth-order valence-corrected chi connectivity index (χ4v) is 1.19. The molecule has 0 spiro atoms. The van der Waals surface area contributed by atoms with Gasteiger partial charge in [0.15, 0.2) is 5.75 Å². The Bertz CT molecular complexity index is 472. The molecule has 114 valence electrons. The molecule has 1 atom stereocenters. The summed E-state index contributed by atoms with van der Waals surface area (Å²) in [6.07, 6.45) is -4.83. The number of ether oxygens (including phenoxy) is 1. The van der Waals surface area contributed by atoms with E-state index in [0.29, 0.717) is 0 Å². The summed E-state index contributed by atoms with van der Waals surface area (Å²) in [5.41, 5.74) is 4.79. The fourth-order valence-electron chi connectivity index (χ4n) is 1.19. The molecule has 0 fully saturated rings. The first kappa shape index (κ1) is 16.5. The van der Waals surface area contributed by atoms with Gasteiger partial charge in [-0.05, 0) is 0 Å². The van der Waals surface area contributed by atoms with Crippen LogP contribution in [0.5, 0.6) is 5.75 Å². The van der Waals surface area contributed by atoms with Crippen LogP contribution >= 0.6 is 0 Å². The van der Waals surface area contributed by atoms with E-state index in [1.165, 1.54) is 0 Å². The molecule has 1 aromatic carbocycles. The lowest BCUT2D eigenvalue weighted by atomic mass is 10.1. The molecule has 2 nitrogen and oxygen atoms in total. The van der Waals surface area contributed by atoms with Gasteiger partial charge in [0.1, 0.15) is 12.5 Å². The molecular formula is C10H7F8NO. The van der Waals surface area contributed by atoms with Crippen LogP contribution < -0.4 is 10.5 Å². The summed E-state index contributed by atoms with van der Waals surface area (Å²) >= 11 is 0. The quantitative estimate of drug-likeness (QED) is 0.527. The Hall–Kier alpha value is -1.58. The van der Waals surface area contributed by atoms with E-state index in [-0.39, 0.29) is 0 Å². The highest BCUT2D eigenvalue weighted by Gasteiger charge is 2.39. The fraction of sp³-hybridized carbons (Fsp3) is 0.400. The second-order valence-electron chi connectivity index (χ2n) is 3.68. The Kier molecular flexibility index (Phi) is 4.79. The van der Waals surface area contributed by atoms with Gasteiger partial charge in [0.05, 0.1) is 0 Å². The average molecular weight is 309 g/mol. The number of hydrogen-bond donors (Lipinski definition) is 1. The van der Waals surface area contributed by atoms with Crippen LogP contribution in [0.25, 0.3) is 0 Å². The van der Waals surface area contributed by atoms with Crippen LogP contribution in [0.4, 0.5) is 35.1 Å². The van der Waals surface area contributed by atoms with E-state index in [1.807, 2.05) is 0 Å². The molecule has 0 aliphatic heterocycles. The van der Waals surface area contributed by atoms with E-state index in [2.05, 4.69) is 4.74 Å². The zero-order valence-corrected chi connectivity index (χ0v) is 9.50. The van der Waals surface area contributed by atoms with Crippen molar-refractivity contribution in [3.05, 3.63) is 29.1 Å². The van der Waals surface area contributed by atoms with Crippen molar-refractivity contribution in [2.75, 3.05) is 13.2 Å². The Morgan fingerprint density at radius 3 is 1.60 bits per heavy atom. The SMILES string of the molecule is NCC(COc1c(F)c(F)c(F)c(F)c1F)C(F)(F)F. The molecular weight excluding hydrogens is 302 g/mol. The third-order valence-corrected chi connectivity index (χ3v) is 2.35. The van der Waals surface area contributed by atoms with Crippen LogP contribution in [0.15, 0.2) is 0 Å². The van der Waals surface area contributed by atoms with E-state index in [1.54, 1.807) is 0 Å². The molecule has 0 radical (unpaired) electrons. The zero-order chi connectivity index (χ0) is 15.7. The summed E-state index contributed by atoms with van der Waals surface area (Å²) < 4.78 is 105. The summed E-state index contributed by atoms with van der Waals surface area (Å²) in [6, 6.07) is 0. The minimum atomic E-state index is -4.83. The summed E-state index contributed by atoms with van der Waals surface area (Å²) in [6.45, 7) is -2.35. The van der Waals surface area contributed by atoms with Gasteiger partial charge in [0.2, 0.25) is 29.1 Å². The molecule has 0 aliphatic carbocycles. The molecule has 0 amide bonds. The first-order valence-electron chi connectivity index (χ1n) is 5.02. The molecule has 2 N–H and O–H groups in total. The van der Waals surface area contributed by atoms with Crippen LogP contribution in [-0.4, -0.2) is 19.3 Å². The first-order chi connectivity index (χ1) is 9.11. The number of halogens is 8. The molecule has 0 saturated heterocycles. The third kappa shape index (κ3) is 3.11. The van der Waals surface area contributed by atoms with Gasteiger partial charge in [-0.25, -0.2) is 13.2 Å². The normalized spacial score (nSPS) is 13.4. The molecule has 10 heteroatoms. The lowest BCUT2D eigenvalue weighted by molar-refractivity contribution is -0.178. The first-order valence-corrected chi connectivity index (χ1v) is 5.02. The lowest BCUT2D eigenvalue weighted by Crippen LogP contribution is -2.35. The number of hydrogen-bond acceptors (Lipinski definition) is 2. The van der Waals surface area contributed by atoms with Crippen LogP contribution in [0.3, 0.4) is 0 Å². The smallest absolute Gasteiger partial charge is 0.396 e. The Labute approximate surface area is 107 Å². The van der Waals surface area contributed by atoms with Crippen LogP contribution in [0.1, 0.15) is 0 Å². The molecule has 1 rings (SSSR count). The molecule has 0 aliphatic rings. The molecule has 0 aromatic heterocycles. The van der Waals surface area contributed by atoms with Gasteiger partial charge in [-0.1, -0.05) is 0 Å². The van der Waals surface area contributed by atoms with Gasteiger partial charge in [-0.3, -0.25) is 0 Å². The van der Waals surface area contributed by atoms with Crippen molar-refractivity contribution in [1.82, 2.24) is 0 Å². The predicted octanol–water partition coefficient (Wildman–Crippen LogP) is 2.90. The van der Waals surface area contributed by atoms with Crippen molar-refractivity contribution >= 4 is 0 Å². The Morgan fingerprint density at radius 2 is 1.25 bits per heavy atom. The highest BCUT2D eigenvalue weighted by molar-refractivity contribution is 5.29. The van der Waals surface area contributed by atoms with Crippen molar-refractivity contribution in [3.63, 3.8) is 0 Å². The third-order valence-electron chi connectivity index (χ3n) is 2.35. The lowest BCUT2D eigenvalue weighted by Gasteiger charge is -2.19. The maximum Gasteiger partial charge on any atom is 0.396 e. The van der Waals surface area contributed by atoms with E-state index in [0.717, 1.165) is 0 Å². The van der Waals surface area contributed by atoms with E-state index < -0.39 is 60.1 Å². The minimum absolute atomic E-state index is 0.973. The van der Waals surface area contributed by atoms with Crippen LogP contribution in [-0.2, 0) is 0 Å². The molecule has 0 saturated carbocycles. The molecule has 0 bridgehead atoms. The summed E-state index contributed by atoms with van der Waals surface area (Å²) in [5.74, 6) is -15.8. The predicted molar refractivity (Wildman–Crippen MR) is 50.3 cm³/mol. The van der Waals surface area contributed by atoms with E-state index in [9.17, 15) is 35.1 Å². The highest BCUT2D eigenvalue weighted by Crippen LogP contribution is 2.31. The second kappa shape index (κ2) is 5.81. The van der Waals surface area contributed by atoms with Crippen LogP contribution in [0, 0.1) is 35.0 Å². The van der Waals surface area contributed by atoms with Gasteiger partial charge in [-0.2, -0.15) is 22.0 Å². The summed E-state index contributed by atoms with van der Waals surface area (Å²) in [5, 5.41) is 0. The standard InChI is InChI=1S/C10H7F8NO/c11-4-5(12)7(14)9(8(15)6(4)13)20-2-3(1-19)10(16,17)18/h3H,1-2,19H2. The monoisotopic (exact) mass is 309 g/mol. The van der Waals surface area contributed by atoms with Gasteiger partial charge >= 0.3 is 6.18 Å². The van der Waals surface area contributed by atoms with Crippen molar-refractivity contribution in [3.8, 4) is 5.75 Å². The number of alkyl halides is 3. The van der Waals surface area contributed by atoms with E-state index >= 15 is 0 Å². The number of benzene rings is 1. The average Bonchev–Trinajstić information content (AvgIpc) is 2.36. The van der Waals surface area contributed by atoms with Crippen molar-refractivity contribution in [1.29, 1.82) is 0 Å². The van der Waals surface area contributed by atoms with Crippen molar-refractivity contribution in [2.24, 2.45) is 11.7 Å². The second-order valence-corrected chi connectivity index (χ2v) is 3.68. The van der Waals surface area contributed by atoms with Gasteiger partial charge < -0.3 is 10.5 Å². The Morgan fingerprint density at radius 1 is 0.850 bits per heavy atom. The van der Waals surface area contributed by atoms with Crippen molar-refractivity contribution < 1.29 is 39.9 Å². The van der Waals surface area contributed by atoms with Crippen LogP contribution in [0.2, 0.25) is 0 Å². The number of rotatable bonds is 4. The topological polar surface area (TPSA) is 35.2 Å². The molecule has 0 heterocycles. The summed E-state index contributed by atoms with van der Waals surface area (Å²) in [4.78, 5) is 0. The zero-order valence-electron chi connectivity index (χ0n) is 9.50. The van der Waals surface area contributed by atoms with Gasteiger partial charge in [0, 0.05) is 6.54 Å². The maximum absolute atomic E-state index is 13.1. The van der Waals surface area contributed by atoms with Gasteiger partial charge in [0.25, 0.3) is 0 Å². The van der Waals surface area contributed by atoms with Crippen molar-refractivity contribution in [2.45, 2.75) is 6.18 Å². The van der Waals surface area contributed by atoms with Gasteiger partial charge in [-0.15, -0.1) is 0 Å². The largest absolute Gasteiger partial charge is 0.487 e. The van der Waals surface area contributed by atoms with E-state index in [4.69, 9.17) is 5.73 Å².